The summed E-state index contributed by atoms with van der Waals surface area (Å²) in [6.07, 6.45) is -2.60. The topological polar surface area (TPSA) is 12.9 Å². The van der Waals surface area contributed by atoms with E-state index in [0.717, 1.165) is 0 Å². The Bertz CT molecular complexity index is 320. The third-order valence-electron chi connectivity index (χ3n) is 1.41. The molecule has 6 heteroatoms. The number of hydrogen-bond donors (Lipinski definition) is 0. The van der Waals surface area contributed by atoms with Crippen LogP contribution in [-0.4, -0.2) is 4.98 Å². The molecule has 0 aliphatic carbocycles. The molecule has 0 aliphatic heterocycles. The van der Waals surface area contributed by atoms with Gasteiger partial charge < -0.3 is 0 Å². The Morgan fingerprint density at radius 2 is 2.15 bits per heavy atom. The van der Waals surface area contributed by atoms with E-state index in [2.05, 4.69) is 20.9 Å². The van der Waals surface area contributed by atoms with Crippen molar-refractivity contribution in [3.05, 3.63) is 26.9 Å². The van der Waals surface area contributed by atoms with Crippen LogP contribution in [0.5, 0.6) is 0 Å². The van der Waals surface area contributed by atoms with E-state index < -0.39 is 6.43 Å². The lowest BCUT2D eigenvalue weighted by molar-refractivity contribution is 0.150. The summed E-state index contributed by atoms with van der Waals surface area (Å²) in [6, 6.07) is 1.17. The minimum atomic E-state index is -2.60. The van der Waals surface area contributed by atoms with E-state index in [9.17, 15) is 8.78 Å². The van der Waals surface area contributed by atoms with Crippen LogP contribution in [0.25, 0.3) is 0 Å². The van der Waals surface area contributed by atoms with Gasteiger partial charge in [0, 0.05) is 5.56 Å². The normalized spacial score (nSPS) is 10.9. The van der Waals surface area contributed by atoms with Crippen molar-refractivity contribution in [2.24, 2.45) is 0 Å². The molecule has 0 saturated carbocycles. The SMILES string of the molecule is FC(F)c1cc(Cl)c(Br)nc1CCl. The maximum Gasteiger partial charge on any atom is 0.265 e. The quantitative estimate of drug-likeness (QED) is 0.588. The molecule has 1 aromatic heterocycles. The van der Waals surface area contributed by atoms with Crippen molar-refractivity contribution < 1.29 is 8.78 Å². The fourth-order valence-corrected chi connectivity index (χ4v) is 1.51. The summed E-state index contributed by atoms with van der Waals surface area (Å²) in [5, 5.41) is 0.157. The van der Waals surface area contributed by atoms with Gasteiger partial charge in [-0.1, -0.05) is 11.6 Å². The van der Waals surface area contributed by atoms with Crippen LogP contribution in [0.1, 0.15) is 17.7 Å². The van der Waals surface area contributed by atoms with Crippen molar-refractivity contribution in [3.63, 3.8) is 0 Å². The molecule has 0 aliphatic rings. The second-order valence-corrected chi connectivity index (χ2v) is 3.66. The van der Waals surface area contributed by atoms with Crippen LogP contribution in [0.3, 0.4) is 0 Å². The van der Waals surface area contributed by atoms with E-state index >= 15 is 0 Å². The van der Waals surface area contributed by atoms with Crippen LogP contribution < -0.4 is 0 Å². The molecule has 0 saturated heterocycles. The number of aromatic nitrogens is 1. The summed E-state index contributed by atoms with van der Waals surface area (Å²) in [7, 11) is 0. The summed E-state index contributed by atoms with van der Waals surface area (Å²) in [4.78, 5) is 3.79. The fourth-order valence-electron chi connectivity index (χ4n) is 0.812. The Morgan fingerprint density at radius 3 is 2.62 bits per heavy atom. The van der Waals surface area contributed by atoms with E-state index in [1.165, 1.54) is 6.07 Å². The van der Waals surface area contributed by atoms with Gasteiger partial charge in [-0.2, -0.15) is 0 Å². The highest BCUT2D eigenvalue weighted by molar-refractivity contribution is 9.10. The van der Waals surface area contributed by atoms with E-state index in [1.54, 1.807) is 0 Å². The zero-order valence-corrected chi connectivity index (χ0v) is 9.30. The van der Waals surface area contributed by atoms with Crippen molar-refractivity contribution >= 4 is 39.1 Å². The van der Waals surface area contributed by atoms with E-state index in [0.29, 0.717) is 4.60 Å². The maximum atomic E-state index is 12.4. The van der Waals surface area contributed by atoms with Crippen molar-refractivity contribution in [3.8, 4) is 0 Å². The molecule has 72 valence electrons. The van der Waals surface area contributed by atoms with Crippen LogP contribution in [0, 0.1) is 0 Å². The highest BCUT2D eigenvalue weighted by Gasteiger charge is 2.16. The van der Waals surface area contributed by atoms with E-state index in [4.69, 9.17) is 23.2 Å². The highest BCUT2D eigenvalue weighted by atomic mass is 79.9. The first kappa shape index (κ1) is 11.1. The Balaban J connectivity index is 3.25. The maximum absolute atomic E-state index is 12.4. The van der Waals surface area contributed by atoms with Gasteiger partial charge in [-0.3, -0.25) is 0 Å². The zero-order chi connectivity index (χ0) is 10.0. The average molecular weight is 291 g/mol. The number of alkyl halides is 3. The van der Waals surface area contributed by atoms with Gasteiger partial charge in [0.05, 0.1) is 16.6 Å². The lowest BCUT2D eigenvalue weighted by Crippen LogP contribution is -1.97. The summed E-state index contributed by atoms with van der Waals surface area (Å²) in [5.41, 5.74) is -0.0730. The second kappa shape index (κ2) is 4.53. The molecule has 1 heterocycles. The number of nitrogens with zero attached hydrogens (tertiary/aromatic N) is 1. The Kier molecular flexibility index (Phi) is 3.88. The zero-order valence-electron chi connectivity index (χ0n) is 6.20. The van der Waals surface area contributed by atoms with Crippen LogP contribution in [0.4, 0.5) is 8.78 Å². The van der Waals surface area contributed by atoms with Gasteiger partial charge in [0.1, 0.15) is 4.60 Å². The predicted molar refractivity (Wildman–Crippen MR) is 51.5 cm³/mol. The minimum Gasteiger partial charge on any atom is -0.243 e. The van der Waals surface area contributed by atoms with Gasteiger partial charge in [0.2, 0.25) is 0 Å². The predicted octanol–water partition coefficient (Wildman–Crippen LogP) is 4.17. The number of rotatable bonds is 2. The van der Waals surface area contributed by atoms with Crippen molar-refractivity contribution in [1.29, 1.82) is 0 Å². The second-order valence-electron chi connectivity index (χ2n) is 2.23. The molecule has 0 atom stereocenters. The number of pyridine rings is 1. The first-order chi connectivity index (χ1) is 6.06. The third-order valence-corrected chi connectivity index (χ3v) is 2.78. The molecule has 1 aromatic rings. The highest BCUT2D eigenvalue weighted by Crippen LogP contribution is 2.29. The summed E-state index contributed by atoms with van der Waals surface area (Å²) >= 11 is 14.1. The summed E-state index contributed by atoms with van der Waals surface area (Å²) < 4.78 is 25.0. The van der Waals surface area contributed by atoms with Crippen molar-refractivity contribution in [2.45, 2.75) is 12.3 Å². The van der Waals surface area contributed by atoms with E-state index in [1.807, 2.05) is 0 Å². The molecular weight excluding hydrogens is 287 g/mol. The number of hydrogen-bond acceptors (Lipinski definition) is 1. The molecule has 0 N–H and O–H groups in total. The smallest absolute Gasteiger partial charge is 0.243 e. The van der Waals surface area contributed by atoms with Crippen LogP contribution >= 0.6 is 39.1 Å². The van der Waals surface area contributed by atoms with Crippen molar-refractivity contribution in [1.82, 2.24) is 4.98 Å². The molecule has 1 rings (SSSR count). The molecule has 0 bridgehead atoms. The summed E-state index contributed by atoms with van der Waals surface area (Å²) in [5.74, 6) is -0.0601. The average Bonchev–Trinajstić information content (AvgIpc) is 2.08. The molecular formula is C7H4BrCl2F2N. The standard InChI is InChI=1S/C7H4BrCl2F2N/c8-6-4(10)1-3(7(11)12)5(2-9)13-6/h1,7H,2H2. The Morgan fingerprint density at radius 1 is 1.54 bits per heavy atom. The van der Waals surface area contributed by atoms with Gasteiger partial charge in [-0.15, -0.1) is 11.6 Å². The third kappa shape index (κ3) is 2.51. The monoisotopic (exact) mass is 289 g/mol. The fraction of sp³-hybridized carbons (Fsp3) is 0.286. The van der Waals surface area contributed by atoms with E-state index in [-0.39, 0.29) is 22.2 Å². The minimum absolute atomic E-state index is 0.0601. The first-order valence-electron chi connectivity index (χ1n) is 3.25. The number of halogens is 5. The van der Waals surface area contributed by atoms with Gasteiger partial charge in [0.15, 0.2) is 0 Å². The van der Waals surface area contributed by atoms with Gasteiger partial charge >= 0.3 is 0 Å². The van der Waals surface area contributed by atoms with Gasteiger partial charge in [-0.05, 0) is 22.0 Å². The molecule has 1 nitrogen and oxygen atoms in total. The first-order valence-corrected chi connectivity index (χ1v) is 4.95. The van der Waals surface area contributed by atoms with Crippen molar-refractivity contribution in [2.75, 3.05) is 0 Å². The molecule has 13 heavy (non-hydrogen) atoms. The molecule has 0 unspecified atom stereocenters. The molecule has 0 spiro atoms. The Labute approximate surface area is 92.2 Å². The molecule has 0 fully saturated rings. The molecule has 0 amide bonds. The largest absolute Gasteiger partial charge is 0.265 e. The van der Waals surface area contributed by atoms with Crippen LogP contribution in [-0.2, 0) is 5.88 Å². The van der Waals surface area contributed by atoms with Crippen LogP contribution in [0.2, 0.25) is 5.02 Å². The lowest BCUT2D eigenvalue weighted by atomic mass is 10.2. The lowest BCUT2D eigenvalue weighted by Gasteiger charge is -2.06. The summed E-state index contributed by atoms with van der Waals surface area (Å²) in [6.45, 7) is 0. The van der Waals surface area contributed by atoms with Crippen LogP contribution in [0.15, 0.2) is 10.7 Å². The Hall–Kier alpha value is 0.0700. The van der Waals surface area contributed by atoms with Gasteiger partial charge in [-0.25, -0.2) is 13.8 Å². The molecule has 0 radical (unpaired) electrons. The van der Waals surface area contributed by atoms with Gasteiger partial charge in [0.25, 0.3) is 6.43 Å². The molecule has 0 aromatic carbocycles.